The van der Waals surface area contributed by atoms with Crippen LogP contribution in [0.3, 0.4) is 0 Å². The molecule has 0 aromatic heterocycles. The number of halogens is 1. The van der Waals surface area contributed by atoms with E-state index >= 15 is 0 Å². The average molecular weight is 177 g/mol. The lowest BCUT2D eigenvalue weighted by molar-refractivity contribution is -0.143. The van der Waals surface area contributed by atoms with Crippen LogP contribution in [0.4, 0.5) is 0 Å². The van der Waals surface area contributed by atoms with E-state index in [1.807, 2.05) is 0 Å². The van der Waals surface area contributed by atoms with Crippen molar-refractivity contribution in [1.82, 2.24) is 0 Å². The van der Waals surface area contributed by atoms with E-state index in [4.69, 9.17) is 11.6 Å². The Morgan fingerprint density at radius 2 is 2.09 bits per heavy atom. The van der Waals surface area contributed by atoms with Gasteiger partial charge in [0.1, 0.15) is 0 Å². The van der Waals surface area contributed by atoms with Gasteiger partial charge in [-0.3, -0.25) is 4.79 Å². The van der Waals surface area contributed by atoms with Gasteiger partial charge in [-0.25, -0.2) is 4.79 Å². The number of ketones is 1. The van der Waals surface area contributed by atoms with E-state index in [0.717, 1.165) is 12.8 Å². The van der Waals surface area contributed by atoms with Gasteiger partial charge in [-0.05, 0) is 12.8 Å². The van der Waals surface area contributed by atoms with Crippen LogP contribution in [-0.2, 0) is 14.3 Å². The lowest BCUT2D eigenvalue weighted by Crippen LogP contribution is -2.26. The number of Topliss-reactive ketones (excluding diaryl/α,β-unsaturated/α-hetero) is 1. The number of hydrogen-bond acceptors (Lipinski definition) is 3. The molecule has 0 saturated heterocycles. The van der Waals surface area contributed by atoms with Crippen molar-refractivity contribution in [3.05, 3.63) is 0 Å². The molecule has 62 valence electrons. The van der Waals surface area contributed by atoms with Crippen molar-refractivity contribution in [1.29, 1.82) is 0 Å². The summed E-state index contributed by atoms with van der Waals surface area (Å²) in [7, 11) is 1.22. The number of carbonyl (C=O) groups is 2. The Morgan fingerprint density at radius 1 is 1.55 bits per heavy atom. The first-order chi connectivity index (χ1) is 5.16. The Bertz CT molecular complexity index is 186. The smallest absolute Gasteiger partial charge is 0.331 e. The second kappa shape index (κ2) is 3.22. The summed E-state index contributed by atoms with van der Waals surface area (Å²) in [5.74, 6) is -0.835. The molecule has 0 amide bonds. The Kier molecular flexibility index (Phi) is 2.49. The summed E-state index contributed by atoms with van der Waals surface area (Å²) in [6, 6.07) is 0. The predicted octanol–water partition coefficient (Wildman–Crippen LogP) is 0.746. The normalized spacial score (nSPS) is 19.1. The molecule has 0 radical (unpaired) electrons. The van der Waals surface area contributed by atoms with Crippen molar-refractivity contribution >= 4 is 23.4 Å². The maximum atomic E-state index is 11.1. The molecule has 1 aliphatic carbocycles. The topological polar surface area (TPSA) is 43.4 Å². The summed E-state index contributed by atoms with van der Waals surface area (Å²) in [6.07, 6.45) is 1.72. The van der Waals surface area contributed by atoms with Gasteiger partial charge < -0.3 is 4.74 Å². The first-order valence-electron chi connectivity index (χ1n) is 3.42. The van der Waals surface area contributed by atoms with E-state index < -0.39 is 11.3 Å². The molecular formula is C7H9ClO3. The third kappa shape index (κ3) is 1.93. The summed E-state index contributed by atoms with van der Waals surface area (Å²) >= 11 is 5.49. The van der Waals surface area contributed by atoms with Crippen molar-refractivity contribution in [2.24, 2.45) is 5.92 Å². The lowest BCUT2D eigenvalue weighted by Gasteiger charge is -2.03. The zero-order valence-electron chi connectivity index (χ0n) is 6.17. The fourth-order valence-corrected chi connectivity index (χ4v) is 1.06. The molecule has 0 aromatic carbocycles. The number of hydrogen-bond donors (Lipinski definition) is 0. The molecule has 0 bridgehead atoms. The maximum Gasteiger partial charge on any atom is 0.331 e. The summed E-state index contributed by atoms with van der Waals surface area (Å²) < 4.78 is 4.32. The highest BCUT2D eigenvalue weighted by Crippen LogP contribution is 2.32. The molecule has 0 N–H and O–H groups in total. The molecule has 11 heavy (non-hydrogen) atoms. The molecule has 0 heterocycles. The van der Waals surface area contributed by atoms with Gasteiger partial charge in [0.05, 0.1) is 7.11 Å². The largest absolute Gasteiger partial charge is 0.468 e. The fourth-order valence-electron chi connectivity index (χ4n) is 0.794. The van der Waals surface area contributed by atoms with Crippen LogP contribution >= 0.6 is 11.6 Å². The van der Waals surface area contributed by atoms with Gasteiger partial charge in [0.2, 0.25) is 0 Å². The van der Waals surface area contributed by atoms with Crippen LogP contribution in [-0.4, -0.2) is 24.2 Å². The van der Waals surface area contributed by atoms with Crippen LogP contribution in [0.25, 0.3) is 0 Å². The Hall–Kier alpha value is -0.570. The van der Waals surface area contributed by atoms with E-state index in [0.29, 0.717) is 0 Å². The van der Waals surface area contributed by atoms with Gasteiger partial charge in [0.25, 0.3) is 0 Å². The van der Waals surface area contributed by atoms with E-state index in [1.165, 1.54) is 7.11 Å². The SMILES string of the molecule is COC(=O)[C@@H](Cl)C(=O)C1CC1. The molecule has 0 unspecified atom stereocenters. The highest BCUT2D eigenvalue weighted by Gasteiger charge is 2.37. The molecule has 1 fully saturated rings. The monoisotopic (exact) mass is 176 g/mol. The third-order valence-corrected chi connectivity index (χ3v) is 2.03. The first kappa shape index (κ1) is 8.53. The molecule has 0 aliphatic heterocycles. The Balaban J connectivity index is 2.44. The summed E-state index contributed by atoms with van der Waals surface area (Å²) in [6.45, 7) is 0. The molecular weight excluding hydrogens is 168 g/mol. The van der Waals surface area contributed by atoms with Gasteiger partial charge in [-0.1, -0.05) is 0 Å². The van der Waals surface area contributed by atoms with E-state index in [9.17, 15) is 9.59 Å². The van der Waals surface area contributed by atoms with E-state index in [-0.39, 0.29) is 11.7 Å². The molecule has 1 rings (SSSR count). The minimum atomic E-state index is -1.09. The molecule has 1 atom stereocenters. The van der Waals surface area contributed by atoms with E-state index in [2.05, 4.69) is 4.74 Å². The number of methoxy groups -OCH3 is 1. The molecule has 3 nitrogen and oxygen atoms in total. The number of rotatable bonds is 3. The number of ether oxygens (including phenoxy) is 1. The van der Waals surface area contributed by atoms with Crippen molar-refractivity contribution in [3.63, 3.8) is 0 Å². The highest BCUT2D eigenvalue weighted by atomic mass is 35.5. The van der Waals surface area contributed by atoms with Gasteiger partial charge in [-0.2, -0.15) is 0 Å². The number of esters is 1. The fraction of sp³-hybridized carbons (Fsp3) is 0.714. The highest BCUT2D eigenvalue weighted by molar-refractivity contribution is 6.41. The van der Waals surface area contributed by atoms with Gasteiger partial charge in [-0.15, -0.1) is 11.6 Å². The zero-order chi connectivity index (χ0) is 8.43. The summed E-state index contributed by atoms with van der Waals surface area (Å²) in [4.78, 5) is 21.8. The Morgan fingerprint density at radius 3 is 2.45 bits per heavy atom. The van der Waals surface area contributed by atoms with E-state index in [1.54, 1.807) is 0 Å². The standard InChI is InChI=1S/C7H9ClO3/c1-11-7(10)5(8)6(9)4-2-3-4/h4-5H,2-3H2,1H3/t5-/m0/s1. The molecule has 0 spiro atoms. The second-order valence-corrected chi connectivity index (χ2v) is 3.00. The Labute approximate surface area is 69.7 Å². The second-order valence-electron chi connectivity index (χ2n) is 2.56. The lowest BCUT2D eigenvalue weighted by atomic mass is 10.2. The number of alkyl halides is 1. The van der Waals surface area contributed by atoms with Crippen LogP contribution in [0.5, 0.6) is 0 Å². The van der Waals surface area contributed by atoms with Crippen molar-refractivity contribution < 1.29 is 14.3 Å². The van der Waals surface area contributed by atoms with Crippen molar-refractivity contribution in [2.75, 3.05) is 7.11 Å². The molecule has 0 aromatic rings. The maximum absolute atomic E-state index is 11.1. The zero-order valence-corrected chi connectivity index (χ0v) is 6.93. The van der Waals surface area contributed by atoms with Crippen LogP contribution in [0.2, 0.25) is 0 Å². The van der Waals surface area contributed by atoms with Gasteiger partial charge >= 0.3 is 5.97 Å². The molecule has 4 heteroatoms. The van der Waals surface area contributed by atoms with Crippen LogP contribution in [0, 0.1) is 5.92 Å². The van der Waals surface area contributed by atoms with Gasteiger partial charge in [0.15, 0.2) is 11.2 Å². The molecule has 1 saturated carbocycles. The number of carbonyl (C=O) groups excluding carboxylic acids is 2. The quantitative estimate of drug-likeness (QED) is 0.362. The minimum absolute atomic E-state index is 0.0107. The predicted molar refractivity (Wildman–Crippen MR) is 39.4 cm³/mol. The van der Waals surface area contributed by atoms with Crippen LogP contribution < -0.4 is 0 Å². The van der Waals surface area contributed by atoms with Crippen molar-refractivity contribution in [2.45, 2.75) is 18.2 Å². The molecule has 1 aliphatic rings. The van der Waals surface area contributed by atoms with Crippen molar-refractivity contribution in [3.8, 4) is 0 Å². The summed E-state index contributed by atoms with van der Waals surface area (Å²) in [5, 5.41) is -1.09. The summed E-state index contributed by atoms with van der Waals surface area (Å²) in [5.41, 5.74) is 0. The van der Waals surface area contributed by atoms with Crippen LogP contribution in [0.1, 0.15) is 12.8 Å². The first-order valence-corrected chi connectivity index (χ1v) is 3.86. The average Bonchev–Trinajstić information content (AvgIpc) is 2.82. The van der Waals surface area contributed by atoms with Crippen LogP contribution in [0.15, 0.2) is 0 Å². The third-order valence-electron chi connectivity index (χ3n) is 1.64. The van der Waals surface area contributed by atoms with Gasteiger partial charge in [0, 0.05) is 5.92 Å². The minimum Gasteiger partial charge on any atom is -0.468 e.